The molecule has 22 heavy (non-hydrogen) atoms. The number of hydrogen-bond donors (Lipinski definition) is 0. The molecule has 0 bridgehead atoms. The largest absolute Gasteiger partial charge is 0.441 e. The maximum absolute atomic E-state index is 13.3. The lowest BCUT2D eigenvalue weighted by molar-refractivity contribution is -0.148. The zero-order valence-corrected chi connectivity index (χ0v) is 11.5. The molecule has 3 unspecified atom stereocenters. The van der Waals surface area contributed by atoms with E-state index in [9.17, 15) is 31.1 Å². The van der Waals surface area contributed by atoms with Crippen molar-refractivity contribution in [1.82, 2.24) is 0 Å². The molecular weight excluding hydrogens is 314 g/mol. The fraction of sp³-hybridized carbons (Fsp3) is 0.500. The second kappa shape index (κ2) is 6.07. The molecule has 0 heterocycles. The Hall–Kier alpha value is -1.91. The standard InChI is InChI=1S/C14H12F6O2/c1-4-9(8(15)6-14(18,19)20)22-12(21)11-7(5-10(16)17)13(11,2)3/h1,5-7,9,11H,2-3H3/b8-6-. The second-order valence-corrected chi connectivity index (χ2v) is 5.34. The van der Waals surface area contributed by atoms with Crippen LogP contribution in [0.5, 0.6) is 0 Å². The van der Waals surface area contributed by atoms with Crippen molar-refractivity contribution in [3.8, 4) is 12.3 Å². The molecule has 2 nitrogen and oxygen atoms in total. The van der Waals surface area contributed by atoms with Crippen LogP contribution in [0.25, 0.3) is 0 Å². The van der Waals surface area contributed by atoms with Crippen molar-refractivity contribution in [3.05, 3.63) is 24.1 Å². The molecule has 1 saturated carbocycles. The lowest BCUT2D eigenvalue weighted by Crippen LogP contribution is -2.21. The Morgan fingerprint density at radius 1 is 1.32 bits per heavy atom. The highest BCUT2D eigenvalue weighted by Gasteiger charge is 2.62. The van der Waals surface area contributed by atoms with Crippen LogP contribution in [0.4, 0.5) is 26.3 Å². The quantitative estimate of drug-likeness (QED) is 0.443. The Morgan fingerprint density at radius 3 is 2.27 bits per heavy atom. The molecule has 1 fully saturated rings. The first-order valence-electron chi connectivity index (χ1n) is 6.04. The van der Waals surface area contributed by atoms with Crippen LogP contribution in [0, 0.1) is 29.6 Å². The van der Waals surface area contributed by atoms with Gasteiger partial charge in [-0.25, -0.2) is 4.39 Å². The van der Waals surface area contributed by atoms with Gasteiger partial charge in [-0.3, -0.25) is 4.79 Å². The third-order valence-electron chi connectivity index (χ3n) is 3.41. The lowest BCUT2D eigenvalue weighted by atomic mass is 10.1. The number of terminal acetylenes is 1. The summed E-state index contributed by atoms with van der Waals surface area (Å²) in [5.74, 6) is -3.28. The molecule has 0 amide bonds. The first-order chi connectivity index (χ1) is 9.90. The number of esters is 1. The molecule has 0 radical (unpaired) electrons. The normalized spacial score (nSPS) is 25.0. The van der Waals surface area contributed by atoms with Crippen molar-refractivity contribution in [2.75, 3.05) is 0 Å². The number of alkyl halides is 3. The van der Waals surface area contributed by atoms with Gasteiger partial charge in [-0.15, -0.1) is 6.42 Å². The molecule has 0 aromatic carbocycles. The highest BCUT2D eigenvalue weighted by Crippen LogP contribution is 2.60. The maximum atomic E-state index is 13.3. The van der Waals surface area contributed by atoms with E-state index in [2.05, 4.69) is 4.74 Å². The molecule has 1 aliphatic rings. The maximum Gasteiger partial charge on any atom is 0.412 e. The fourth-order valence-electron chi connectivity index (χ4n) is 2.17. The Labute approximate surface area is 122 Å². The highest BCUT2D eigenvalue weighted by atomic mass is 19.4. The van der Waals surface area contributed by atoms with Gasteiger partial charge in [-0.1, -0.05) is 19.8 Å². The van der Waals surface area contributed by atoms with E-state index in [0.717, 1.165) is 0 Å². The van der Waals surface area contributed by atoms with Gasteiger partial charge in [-0.05, 0) is 11.5 Å². The number of ether oxygens (including phenoxy) is 1. The van der Waals surface area contributed by atoms with E-state index in [0.29, 0.717) is 6.08 Å². The minimum absolute atomic E-state index is 0.554. The third kappa shape index (κ3) is 4.29. The van der Waals surface area contributed by atoms with E-state index in [1.54, 1.807) is 5.92 Å². The van der Waals surface area contributed by atoms with Crippen molar-refractivity contribution in [2.24, 2.45) is 17.3 Å². The van der Waals surface area contributed by atoms with Gasteiger partial charge < -0.3 is 4.74 Å². The van der Waals surface area contributed by atoms with Gasteiger partial charge in [0.25, 0.3) is 6.08 Å². The van der Waals surface area contributed by atoms with E-state index in [1.807, 2.05) is 0 Å². The fourth-order valence-corrected chi connectivity index (χ4v) is 2.17. The highest BCUT2D eigenvalue weighted by molar-refractivity contribution is 5.78. The average molecular weight is 326 g/mol. The predicted octanol–water partition coefficient (Wildman–Crippen LogP) is 4.00. The van der Waals surface area contributed by atoms with Crippen molar-refractivity contribution in [1.29, 1.82) is 0 Å². The first-order valence-corrected chi connectivity index (χ1v) is 6.04. The molecular formula is C14H12F6O2. The molecule has 0 spiro atoms. The summed E-state index contributed by atoms with van der Waals surface area (Å²) in [5, 5.41) is 0. The molecule has 0 aliphatic heterocycles. The third-order valence-corrected chi connectivity index (χ3v) is 3.41. The summed E-state index contributed by atoms with van der Waals surface area (Å²) < 4.78 is 78.3. The van der Waals surface area contributed by atoms with Crippen LogP contribution in [0.15, 0.2) is 24.1 Å². The molecule has 0 saturated heterocycles. The number of rotatable bonds is 4. The summed E-state index contributed by atoms with van der Waals surface area (Å²) in [6, 6.07) is 0. The topological polar surface area (TPSA) is 26.3 Å². The van der Waals surface area contributed by atoms with Crippen LogP contribution in [-0.4, -0.2) is 18.2 Å². The Kier molecular flexibility index (Phi) is 5.00. The first kappa shape index (κ1) is 18.1. The number of halogens is 6. The second-order valence-electron chi connectivity index (χ2n) is 5.34. The molecule has 3 atom stereocenters. The van der Waals surface area contributed by atoms with Crippen LogP contribution < -0.4 is 0 Å². The van der Waals surface area contributed by atoms with Crippen molar-refractivity contribution in [2.45, 2.75) is 26.1 Å². The summed E-state index contributed by atoms with van der Waals surface area (Å²) >= 11 is 0. The zero-order valence-electron chi connectivity index (χ0n) is 11.5. The molecule has 0 N–H and O–H groups in total. The van der Waals surface area contributed by atoms with Crippen LogP contribution in [0.2, 0.25) is 0 Å². The average Bonchev–Trinajstić information content (AvgIpc) is 2.84. The lowest BCUT2D eigenvalue weighted by Gasteiger charge is -2.12. The van der Waals surface area contributed by atoms with Gasteiger partial charge in [-0.2, -0.15) is 22.0 Å². The van der Waals surface area contributed by atoms with Gasteiger partial charge in [0, 0.05) is 5.92 Å². The van der Waals surface area contributed by atoms with Crippen molar-refractivity contribution < 1.29 is 35.9 Å². The van der Waals surface area contributed by atoms with E-state index < -0.39 is 53.5 Å². The van der Waals surface area contributed by atoms with Crippen LogP contribution in [-0.2, 0) is 9.53 Å². The molecule has 122 valence electrons. The van der Waals surface area contributed by atoms with Gasteiger partial charge >= 0.3 is 12.1 Å². The summed E-state index contributed by atoms with van der Waals surface area (Å²) in [6.07, 6.45) is -4.44. The smallest absolute Gasteiger partial charge is 0.412 e. The zero-order chi connectivity index (χ0) is 17.3. The Balaban J connectivity index is 2.82. The van der Waals surface area contributed by atoms with Crippen molar-refractivity contribution in [3.63, 3.8) is 0 Å². The number of allylic oxidation sites excluding steroid dienone is 2. The predicted molar refractivity (Wildman–Crippen MR) is 65.0 cm³/mol. The molecule has 0 aromatic rings. The number of carbonyl (C=O) groups is 1. The number of hydrogen-bond acceptors (Lipinski definition) is 2. The van der Waals surface area contributed by atoms with Gasteiger partial charge in [0.1, 0.15) is 0 Å². The van der Waals surface area contributed by atoms with E-state index >= 15 is 0 Å². The van der Waals surface area contributed by atoms with E-state index in [4.69, 9.17) is 6.42 Å². The monoisotopic (exact) mass is 326 g/mol. The summed E-state index contributed by atoms with van der Waals surface area (Å²) in [5.41, 5.74) is -0.871. The number of carbonyl (C=O) groups excluding carboxylic acids is 1. The molecule has 0 aromatic heterocycles. The molecule has 1 aliphatic carbocycles. The Morgan fingerprint density at radius 2 is 1.86 bits per heavy atom. The van der Waals surface area contributed by atoms with E-state index in [-0.39, 0.29) is 0 Å². The summed E-state index contributed by atoms with van der Waals surface area (Å²) in [4.78, 5) is 11.8. The summed E-state index contributed by atoms with van der Waals surface area (Å²) in [6.45, 7) is 2.99. The Bertz CT molecular complexity index is 549. The van der Waals surface area contributed by atoms with Crippen LogP contribution in [0.1, 0.15) is 13.8 Å². The van der Waals surface area contributed by atoms with Crippen molar-refractivity contribution >= 4 is 5.97 Å². The van der Waals surface area contributed by atoms with Crippen LogP contribution >= 0.6 is 0 Å². The van der Waals surface area contributed by atoms with Gasteiger partial charge in [0.2, 0.25) is 6.10 Å². The van der Waals surface area contributed by atoms with Crippen LogP contribution in [0.3, 0.4) is 0 Å². The van der Waals surface area contributed by atoms with Gasteiger partial charge in [0.15, 0.2) is 5.83 Å². The molecule has 1 rings (SSSR count). The van der Waals surface area contributed by atoms with E-state index in [1.165, 1.54) is 13.8 Å². The van der Waals surface area contributed by atoms with Gasteiger partial charge in [0.05, 0.1) is 12.0 Å². The minimum Gasteiger partial charge on any atom is -0.441 e. The molecule has 8 heteroatoms. The SMILES string of the molecule is C#CC(OC(=O)C1C(C=C(F)F)C1(C)C)/C(F)=C/C(F)(F)F. The minimum atomic E-state index is -4.97. The summed E-state index contributed by atoms with van der Waals surface area (Å²) in [7, 11) is 0.